The van der Waals surface area contributed by atoms with Gasteiger partial charge in [-0.15, -0.1) is 0 Å². The first-order chi connectivity index (χ1) is 13.9. The summed E-state index contributed by atoms with van der Waals surface area (Å²) in [6.45, 7) is 5.76. The molecule has 2 saturated heterocycles. The Morgan fingerprint density at radius 2 is 1.72 bits per heavy atom. The summed E-state index contributed by atoms with van der Waals surface area (Å²) in [6, 6.07) is 9.75. The predicted octanol–water partition coefficient (Wildman–Crippen LogP) is 2.86. The lowest BCUT2D eigenvalue weighted by Gasteiger charge is -2.36. The Kier molecular flexibility index (Phi) is 5.84. The Labute approximate surface area is 176 Å². The Bertz CT molecular complexity index is 1020. The number of amides is 1. The topological polar surface area (TPSA) is 69.7 Å². The number of hydrogen-bond acceptors (Lipinski definition) is 4. The van der Waals surface area contributed by atoms with Crippen molar-refractivity contribution in [2.75, 3.05) is 26.2 Å². The van der Waals surface area contributed by atoms with Gasteiger partial charge >= 0.3 is 0 Å². The normalized spacial score (nSPS) is 21.9. The average molecular weight is 436 g/mol. The molecule has 1 atom stereocenters. The molecule has 1 N–H and O–H groups in total. The van der Waals surface area contributed by atoms with Gasteiger partial charge in [-0.25, -0.2) is 8.42 Å². The van der Waals surface area contributed by atoms with E-state index in [9.17, 15) is 13.2 Å². The van der Waals surface area contributed by atoms with E-state index in [0.717, 1.165) is 43.2 Å². The molecule has 0 saturated carbocycles. The zero-order chi connectivity index (χ0) is 20.6. The van der Waals surface area contributed by atoms with Crippen LogP contribution in [0, 0.1) is 0 Å². The third-order valence-corrected chi connectivity index (χ3v) is 7.77. The molecule has 2 fully saturated rings. The molecule has 0 bridgehead atoms. The van der Waals surface area contributed by atoms with Gasteiger partial charge in [0.2, 0.25) is 15.9 Å². The SMILES string of the molecule is CCN1CCC(N2CC[C@H](NS(=O)(=O)c3ccc4cc(Cl)ccc4c3)C2=O)CC1. The van der Waals surface area contributed by atoms with Crippen molar-refractivity contribution in [3.8, 4) is 0 Å². The fourth-order valence-corrected chi connectivity index (χ4v) is 5.78. The molecule has 0 aliphatic carbocycles. The Balaban J connectivity index is 1.46. The zero-order valence-electron chi connectivity index (χ0n) is 16.5. The number of halogens is 1. The van der Waals surface area contributed by atoms with Crippen molar-refractivity contribution < 1.29 is 13.2 Å². The molecule has 0 aromatic heterocycles. The number of nitrogens with one attached hydrogen (secondary N) is 1. The van der Waals surface area contributed by atoms with E-state index in [1.165, 1.54) is 0 Å². The number of carbonyl (C=O) groups is 1. The van der Waals surface area contributed by atoms with E-state index < -0.39 is 16.1 Å². The van der Waals surface area contributed by atoms with Crippen LogP contribution in [0.25, 0.3) is 10.8 Å². The number of hydrogen-bond donors (Lipinski definition) is 1. The molecular weight excluding hydrogens is 410 g/mol. The highest BCUT2D eigenvalue weighted by Crippen LogP contribution is 2.25. The monoisotopic (exact) mass is 435 g/mol. The first-order valence-corrected chi connectivity index (χ1v) is 12.0. The molecule has 156 valence electrons. The van der Waals surface area contributed by atoms with Crippen molar-refractivity contribution in [1.29, 1.82) is 0 Å². The van der Waals surface area contributed by atoms with Gasteiger partial charge in [-0.3, -0.25) is 4.79 Å². The number of benzene rings is 2. The number of sulfonamides is 1. The maximum Gasteiger partial charge on any atom is 0.241 e. The predicted molar refractivity (Wildman–Crippen MR) is 115 cm³/mol. The summed E-state index contributed by atoms with van der Waals surface area (Å²) in [5.74, 6) is -0.101. The van der Waals surface area contributed by atoms with Crippen molar-refractivity contribution >= 4 is 38.3 Å². The smallest absolute Gasteiger partial charge is 0.241 e. The lowest BCUT2D eigenvalue weighted by molar-refractivity contribution is -0.131. The van der Waals surface area contributed by atoms with E-state index in [-0.39, 0.29) is 16.8 Å². The van der Waals surface area contributed by atoms with E-state index in [1.807, 2.05) is 4.90 Å². The summed E-state index contributed by atoms with van der Waals surface area (Å²) in [4.78, 5) is 17.3. The number of fused-ring (bicyclic) bond motifs is 1. The van der Waals surface area contributed by atoms with Gasteiger partial charge in [-0.05, 0) is 60.8 Å². The van der Waals surface area contributed by atoms with E-state index >= 15 is 0 Å². The minimum absolute atomic E-state index is 0.101. The van der Waals surface area contributed by atoms with Crippen LogP contribution in [0.15, 0.2) is 41.3 Å². The summed E-state index contributed by atoms with van der Waals surface area (Å²) < 4.78 is 28.4. The van der Waals surface area contributed by atoms with Crippen LogP contribution >= 0.6 is 11.6 Å². The molecule has 2 aromatic rings. The van der Waals surface area contributed by atoms with E-state index in [1.54, 1.807) is 36.4 Å². The van der Waals surface area contributed by atoms with Crippen molar-refractivity contribution in [3.05, 3.63) is 41.4 Å². The molecule has 6 nitrogen and oxygen atoms in total. The standard InChI is InChI=1S/C21H26ClN3O3S/c1-2-24-10-7-18(8-11-24)25-12-9-20(21(25)26)23-29(27,28)19-6-4-15-13-17(22)5-3-16(15)14-19/h3-6,13-14,18,20,23H,2,7-12H2,1H3/t20-/m0/s1. The van der Waals surface area contributed by atoms with E-state index in [4.69, 9.17) is 11.6 Å². The number of rotatable bonds is 5. The van der Waals surface area contributed by atoms with Crippen LogP contribution in [-0.2, 0) is 14.8 Å². The number of nitrogens with zero attached hydrogens (tertiary/aromatic N) is 2. The van der Waals surface area contributed by atoms with Crippen LogP contribution in [0.2, 0.25) is 5.02 Å². The van der Waals surface area contributed by atoms with Gasteiger partial charge < -0.3 is 9.80 Å². The van der Waals surface area contributed by atoms with Gasteiger partial charge in [0.25, 0.3) is 0 Å². The molecular formula is C21H26ClN3O3S. The number of carbonyl (C=O) groups excluding carboxylic acids is 1. The fourth-order valence-electron chi connectivity index (χ4n) is 4.34. The summed E-state index contributed by atoms with van der Waals surface area (Å²) in [7, 11) is -3.78. The molecule has 2 aliphatic heterocycles. The van der Waals surface area contributed by atoms with E-state index in [0.29, 0.717) is 18.0 Å². The molecule has 0 radical (unpaired) electrons. The van der Waals surface area contributed by atoms with Crippen LogP contribution in [0.5, 0.6) is 0 Å². The summed E-state index contributed by atoms with van der Waals surface area (Å²) >= 11 is 6.00. The molecule has 8 heteroatoms. The minimum Gasteiger partial charge on any atom is -0.338 e. The third kappa shape index (κ3) is 4.28. The fraction of sp³-hybridized carbons (Fsp3) is 0.476. The largest absolute Gasteiger partial charge is 0.338 e. The third-order valence-electron chi connectivity index (χ3n) is 6.07. The van der Waals surface area contributed by atoms with Gasteiger partial charge in [0.15, 0.2) is 0 Å². The van der Waals surface area contributed by atoms with Gasteiger partial charge in [-0.2, -0.15) is 4.72 Å². The Hall–Kier alpha value is -1.67. The van der Waals surface area contributed by atoms with Crippen LogP contribution < -0.4 is 4.72 Å². The second kappa shape index (κ2) is 8.22. The molecule has 0 unspecified atom stereocenters. The van der Waals surface area contributed by atoms with Crippen molar-refractivity contribution in [2.24, 2.45) is 0 Å². The Morgan fingerprint density at radius 1 is 1.03 bits per heavy atom. The summed E-state index contributed by atoms with van der Waals surface area (Å²) in [5.41, 5.74) is 0. The molecule has 4 rings (SSSR count). The van der Waals surface area contributed by atoms with E-state index in [2.05, 4.69) is 16.5 Å². The molecule has 1 amide bonds. The molecule has 2 heterocycles. The zero-order valence-corrected chi connectivity index (χ0v) is 18.0. The molecule has 2 aliphatic rings. The number of piperidine rings is 1. The van der Waals surface area contributed by atoms with Crippen LogP contribution in [0.1, 0.15) is 26.2 Å². The minimum atomic E-state index is -3.78. The molecule has 0 spiro atoms. The average Bonchev–Trinajstić information content (AvgIpc) is 3.07. The molecule has 29 heavy (non-hydrogen) atoms. The van der Waals surface area contributed by atoms with Crippen LogP contribution in [0.3, 0.4) is 0 Å². The van der Waals surface area contributed by atoms with Crippen molar-refractivity contribution in [1.82, 2.24) is 14.5 Å². The highest BCUT2D eigenvalue weighted by molar-refractivity contribution is 7.89. The molecule has 2 aromatic carbocycles. The van der Waals surface area contributed by atoms with Crippen LogP contribution in [-0.4, -0.2) is 62.4 Å². The first kappa shape index (κ1) is 20.6. The van der Waals surface area contributed by atoms with Gasteiger partial charge in [0.1, 0.15) is 6.04 Å². The summed E-state index contributed by atoms with van der Waals surface area (Å²) in [5, 5.41) is 2.27. The second-order valence-corrected chi connectivity index (χ2v) is 9.96. The summed E-state index contributed by atoms with van der Waals surface area (Å²) in [6.07, 6.45) is 2.41. The lowest BCUT2D eigenvalue weighted by Crippen LogP contribution is -2.48. The van der Waals surface area contributed by atoms with Gasteiger partial charge in [-0.1, -0.05) is 30.7 Å². The quantitative estimate of drug-likeness (QED) is 0.784. The van der Waals surface area contributed by atoms with Gasteiger partial charge in [0.05, 0.1) is 4.90 Å². The van der Waals surface area contributed by atoms with Crippen molar-refractivity contribution in [2.45, 2.75) is 43.2 Å². The maximum absolute atomic E-state index is 12.9. The second-order valence-electron chi connectivity index (χ2n) is 7.81. The Morgan fingerprint density at radius 3 is 2.45 bits per heavy atom. The first-order valence-electron chi connectivity index (χ1n) is 10.1. The highest BCUT2D eigenvalue weighted by Gasteiger charge is 2.39. The van der Waals surface area contributed by atoms with Gasteiger partial charge in [0, 0.05) is 30.7 Å². The maximum atomic E-state index is 12.9. The van der Waals surface area contributed by atoms with Crippen LogP contribution in [0.4, 0.5) is 0 Å². The lowest BCUT2D eigenvalue weighted by atomic mass is 10.0. The highest BCUT2D eigenvalue weighted by atomic mass is 35.5. The van der Waals surface area contributed by atoms with Crippen molar-refractivity contribution in [3.63, 3.8) is 0 Å². The number of likely N-dealkylation sites (tertiary alicyclic amines) is 2.